The molecule has 4 heteroatoms. The number of nitrogens with one attached hydrogen (secondary N) is 1. The Morgan fingerprint density at radius 3 is 2.26 bits per heavy atom. The third-order valence-corrected chi connectivity index (χ3v) is 4.77. The Morgan fingerprint density at radius 1 is 1.32 bits per heavy atom. The van der Waals surface area contributed by atoms with E-state index in [1.165, 1.54) is 0 Å². The molecule has 0 aromatic carbocycles. The van der Waals surface area contributed by atoms with Gasteiger partial charge in [0.05, 0.1) is 5.41 Å². The van der Waals surface area contributed by atoms with Crippen LogP contribution in [0.15, 0.2) is 0 Å². The highest BCUT2D eigenvalue weighted by atomic mass is 16.4. The van der Waals surface area contributed by atoms with E-state index in [-0.39, 0.29) is 12.5 Å². The summed E-state index contributed by atoms with van der Waals surface area (Å²) in [6.07, 6.45) is 3.93. The first-order valence-electron chi connectivity index (χ1n) is 7.25. The molecule has 0 saturated heterocycles. The van der Waals surface area contributed by atoms with E-state index in [2.05, 4.69) is 12.2 Å². The predicted molar refractivity (Wildman–Crippen MR) is 74.8 cm³/mol. The van der Waals surface area contributed by atoms with Crippen LogP contribution in [0.25, 0.3) is 0 Å². The number of hydrogen-bond acceptors (Lipinski definition) is 2. The van der Waals surface area contributed by atoms with Crippen LogP contribution in [0.4, 0.5) is 0 Å². The molecule has 1 fully saturated rings. The van der Waals surface area contributed by atoms with Crippen LogP contribution in [0, 0.1) is 16.7 Å². The highest BCUT2D eigenvalue weighted by Crippen LogP contribution is 2.38. The van der Waals surface area contributed by atoms with Crippen LogP contribution >= 0.6 is 0 Å². The molecule has 1 rings (SSSR count). The molecule has 0 spiro atoms. The fraction of sp³-hybridized carbons (Fsp3) is 0.867. The number of amides is 1. The van der Waals surface area contributed by atoms with E-state index in [9.17, 15) is 14.7 Å². The second kappa shape index (κ2) is 5.93. The zero-order valence-electron chi connectivity index (χ0n) is 12.6. The molecular formula is C15H27NO3. The Bertz CT molecular complexity index is 341. The van der Waals surface area contributed by atoms with Gasteiger partial charge >= 0.3 is 5.97 Å². The second-order valence-corrected chi connectivity index (χ2v) is 6.69. The van der Waals surface area contributed by atoms with Gasteiger partial charge in [-0.25, -0.2) is 0 Å². The first kappa shape index (κ1) is 16.0. The quantitative estimate of drug-likeness (QED) is 0.806. The first-order chi connectivity index (χ1) is 8.73. The molecule has 1 saturated carbocycles. The van der Waals surface area contributed by atoms with Crippen LogP contribution in [-0.4, -0.2) is 23.5 Å². The van der Waals surface area contributed by atoms with E-state index in [4.69, 9.17) is 0 Å². The molecule has 0 unspecified atom stereocenters. The largest absolute Gasteiger partial charge is 0.481 e. The number of carboxylic acids is 1. The molecule has 2 N–H and O–H groups in total. The van der Waals surface area contributed by atoms with Gasteiger partial charge in [-0.05, 0) is 38.0 Å². The SMILES string of the molecule is CCC(C)(C)C(=O)NCC1(C(=O)O)CCC(C)CC1. The third-order valence-electron chi connectivity index (χ3n) is 4.77. The molecule has 110 valence electrons. The van der Waals surface area contributed by atoms with Crippen LogP contribution in [0.1, 0.15) is 59.8 Å². The predicted octanol–water partition coefficient (Wildman–Crippen LogP) is 2.82. The van der Waals surface area contributed by atoms with Crippen LogP contribution in [0.2, 0.25) is 0 Å². The summed E-state index contributed by atoms with van der Waals surface area (Å²) in [5, 5.41) is 12.4. The lowest BCUT2D eigenvalue weighted by Crippen LogP contribution is -2.48. The zero-order chi connectivity index (χ0) is 14.7. The van der Waals surface area contributed by atoms with Crippen molar-refractivity contribution in [3.8, 4) is 0 Å². The van der Waals surface area contributed by atoms with E-state index in [1.807, 2.05) is 20.8 Å². The van der Waals surface area contributed by atoms with Gasteiger partial charge in [-0.3, -0.25) is 9.59 Å². The normalized spacial score (nSPS) is 27.9. The van der Waals surface area contributed by atoms with Gasteiger partial charge in [0.2, 0.25) is 5.91 Å². The Kier molecular flexibility index (Phi) is 4.99. The molecule has 0 atom stereocenters. The lowest BCUT2D eigenvalue weighted by molar-refractivity contribution is -0.151. The van der Waals surface area contributed by atoms with Gasteiger partial charge in [-0.1, -0.05) is 27.7 Å². The van der Waals surface area contributed by atoms with E-state index >= 15 is 0 Å². The summed E-state index contributed by atoms with van der Waals surface area (Å²) in [5.41, 5.74) is -1.19. The minimum atomic E-state index is -0.769. The van der Waals surface area contributed by atoms with Crippen molar-refractivity contribution < 1.29 is 14.7 Å². The summed E-state index contributed by atoms with van der Waals surface area (Å²) >= 11 is 0. The average molecular weight is 269 g/mol. The maximum absolute atomic E-state index is 12.1. The monoisotopic (exact) mass is 269 g/mol. The van der Waals surface area contributed by atoms with Crippen LogP contribution in [0.5, 0.6) is 0 Å². The summed E-state index contributed by atoms with van der Waals surface area (Å²) in [6, 6.07) is 0. The Balaban J connectivity index is 2.66. The lowest BCUT2D eigenvalue weighted by Gasteiger charge is -2.36. The van der Waals surface area contributed by atoms with Crippen LogP contribution in [-0.2, 0) is 9.59 Å². The molecule has 19 heavy (non-hydrogen) atoms. The number of carbonyl (C=O) groups is 2. The van der Waals surface area contributed by atoms with E-state index in [1.54, 1.807) is 0 Å². The van der Waals surface area contributed by atoms with Crippen molar-refractivity contribution in [3.05, 3.63) is 0 Å². The van der Waals surface area contributed by atoms with Crippen molar-refractivity contribution in [2.75, 3.05) is 6.54 Å². The molecule has 0 radical (unpaired) electrons. The highest BCUT2D eigenvalue weighted by Gasteiger charge is 2.42. The highest BCUT2D eigenvalue weighted by molar-refractivity contribution is 5.83. The first-order valence-corrected chi connectivity index (χ1v) is 7.25. The third kappa shape index (κ3) is 3.71. The van der Waals surface area contributed by atoms with Crippen molar-refractivity contribution >= 4 is 11.9 Å². The molecule has 0 heterocycles. The molecule has 1 aliphatic carbocycles. The topological polar surface area (TPSA) is 66.4 Å². The number of aliphatic carboxylic acids is 1. The van der Waals surface area contributed by atoms with E-state index in [0.29, 0.717) is 18.8 Å². The maximum Gasteiger partial charge on any atom is 0.311 e. The van der Waals surface area contributed by atoms with Gasteiger partial charge in [0.1, 0.15) is 0 Å². The summed E-state index contributed by atoms with van der Waals surface area (Å²) in [4.78, 5) is 23.6. The summed E-state index contributed by atoms with van der Waals surface area (Å²) in [6.45, 7) is 8.16. The van der Waals surface area contributed by atoms with Gasteiger partial charge < -0.3 is 10.4 Å². The van der Waals surface area contributed by atoms with Gasteiger partial charge in [-0.15, -0.1) is 0 Å². The van der Waals surface area contributed by atoms with E-state index < -0.39 is 16.8 Å². The fourth-order valence-electron chi connectivity index (χ4n) is 2.43. The summed E-state index contributed by atoms with van der Waals surface area (Å²) in [5.74, 6) is -0.224. The summed E-state index contributed by atoms with van der Waals surface area (Å²) in [7, 11) is 0. The lowest BCUT2D eigenvalue weighted by atomic mass is 9.70. The van der Waals surface area contributed by atoms with Gasteiger partial charge in [0.25, 0.3) is 0 Å². The zero-order valence-corrected chi connectivity index (χ0v) is 12.6. The van der Waals surface area contributed by atoms with Gasteiger partial charge in [0.15, 0.2) is 0 Å². The maximum atomic E-state index is 12.1. The Morgan fingerprint density at radius 2 is 1.84 bits per heavy atom. The number of carbonyl (C=O) groups excluding carboxylic acids is 1. The van der Waals surface area contributed by atoms with Gasteiger partial charge in [0, 0.05) is 12.0 Å². The molecular weight excluding hydrogens is 242 g/mol. The number of hydrogen-bond donors (Lipinski definition) is 2. The number of carboxylic acid groups (broad SMARTS) is 1. The van der Waals surface area contributed by atoms with Crippen molar-refractivity contribution in [1.82, 2.24) is 5.32 Å². The van der Waals surface area contributed by atoms with E-state index in [0.717, 1.165) is 19.3 Å². The fourth-order valence-corrected chi connectivity index (χ4v) is 2.43. The molecule has 4 nitrogen and oxygen atoms in total. The van der Waals surface area contributed by atoms with Crippen molar-refractivity contribution in [2.45, 2.75) is 59.8 Å². The minimum Gasteiger partial charge on any atom is -0.481 e. The second-order valence-electron chi connectivity index (χ2n) is 6.69. The number of rotatable bonds is 5. The standard InChI is InChI=1S/C15H27NO3/c1-5-14(3,4)12(17)16-10-15(13(18)19)8-6-11(2)7-9-15/h11H,5-10H2,1-4H3,(H,16,17)(H,18,19). The van der Waals surface area contributed by atoms with Crippen molar-refractivity contribution in [1.29, 1.82) is 0 Å². The Labute approximate surface area is 116 Å². The van der Waals surface area contributed by atoms with Crippen molar-refractivity contribution in [2.24, 2.45) is 16.7 Å². The van der Waals surface area contributed by atoms with Gasteiger partial charge in [-0.2, -0.15) is 0 Å². The van der Waals surface area contributed by atoms with Crippen LogP contribution < -0.4 is 5.32 Å². The molecule has 0 aromatic heterocycles. The molecule has 0 aromatic rings. The average Bonchev–Trinajstić information content (AvgIpc) is 2.37. The van der Waals surface area contributed by atoms with Crippen molar-refractivity contribution in [3.63, 3.8) is 0 Å². The van der Waals surface area contributed by atoms with Crippen LogP contribution in [0.3, 0.4) is 0 Å². The smallest absolute Gasteiger partial charge is 0.311 e. The minimum absolute atomic E-state index is 0.0470. The molecule has 0 bridgehead atoms. The molecule has 0 aliphatic heterocycles. The Hall–Kier alpha value is -1.06. The molecule has 1 amide bonds. The molecule has 1 aliphatic rings. The summed E-state index contributed by atoms with van der Waals surface area (Å²) < 4.78 is 0.